The Labute approximate surface area is 168 Å². The number of anilines is 2. The third-order valence-corrected chi connectivity index (χ3v) is 4.04. The molecule has 0 amide bonds. The van der Waals surface area contributed by atoms with E-state index < -0.39 is 12.9 Å². The zero-order chi connectivity index (χ0) is 21.2. The van der Waals surface area contributed by atoms with Gasteiger partial charge in [-0.15, -0.1) is 0 Å². The van der Waals surface area contributed by atoms with E-state index in [0.29, 0.717) is 35.7 Å². The van der Waals surface area contributed by atoms with Gasteiger partial charge in [0.1, 0.15) is 0 Å². The van der Waals surface area contributed by atoms with Crippen LogP contribution in [0.25, 0.3) is 11.4 Å². The summed E-state index contributed by atoms with van der Waals surface area (Å²) in [5.41, 5.74) is 1.11. The van der Waals surface area contributed by atoms with E-state index in [1.807, 2.05) is 0 Å². The molecule has 0 saturated heterocycles. The van der Waals surface area contributed by atoms with Crippen molar-refractivity contribution >= 4 is 28.9 Å². The second kappa shape index (κ2) is 7.76. The standard InChI is InChI=1S/C15H13ClN6O3.Zn/c1-22-7-17-14(21-22)8-4-3-5-9(13(8)25-2)18-10-6-11(16)19-20-12(10)15(23)24;/h3-7H,1-2H3,(H,18,19)(H,23,24);/q;+1/p-1/i1D3;. The summed E-state index contributed by atoms with van der Waals surface area (Å²) in [6.07, 6.45) is 1.12. The van der Waals surface area contributed by atoms with E-state index in [0.717, 1.165) is 11.0 Å². The van der Waals surface area contributed by atoms with Crippen LogP contribution in [0.3, 0.4) is 0 Å². The Morgan fingerprint density at radius 3 is 2.92 bits per heavy atom. The van der Waals surface area contributed by atoms with E-state index in [4.69, 9.17) is 24.0 Å². The molecular weight excluding hydrogens is 413 g/mol. The molecule has 0 aliphatic carbocycles. The summed E-state index contributed by atoms with van der Waals surface area (Å²) in [6, 6.07) is 6.48. The summed E-state index contributed by atoms with van der Waals surface area (Å²) in [4.78, 5) is 16.0. The van der Waals surface area contributed by atoms with E-state index in [1.54, 1.807) is 18.2 Å². The molecule has 11 heteroatoms. The predicted molar refractivity (Wildman–Crippen MR) is 88.7 cm³/mol. The van der Waals surface area contributed by atoms with Crippen LogP contribution in [0.1, 0.15) is 14.6 Å². The van der Waals surface area contributed by atoms with E-state index in [9.17, 15) is 4.79 Å². The maximum absolute atomic E-state index is 12.0. The number of nitrogens with zero attached hydrogens (tertiary/aromatic N) is 5. The number of aryl methyl sites for hydroxylation is 1. The van der Waals surface area contributed by atoms with Gasteiger partial charge in [-0.05, 0) is 0 Å². The van der Waals surface area contributed by atoms with Crippen molar-refractivity contribution in [2.24, 2.45) is 6.98 Å². The van der Waals surface area contributed by atoms with Crippen LogP contribution in [0.4, 0.5) is 11.4 Å². The average Bonchev–Trinajstić information content (AvgIpc) is 3.18. The van der Waals surface area contributed by atoms with Crippen molar-refractivity contribution < 1.29 is 35.9 Å². The summed E-state index contributed by atoms with van der Waals surface area (Å²) in [7, 11) is 1.44. The molecule has 1 aromatic carbocycles. The number of para-hydroxylation sites is 1. The van der Waals surface area contributed by atoms with Gasteiger partial charge in [-0.25, -0.2) is 0 Å². The number of nitrogens with one attached hydrogen (secondary N) is 1. The number of hydrogen-bond acceptors (Lipinski definition) is 8. The number of hydrogen-bond donors (Lipinski definition) is 1. The number of aromatic nitrogens is 5. The monoisotopic (exact) mass is 426 g/mol. The molecule has 1 N–H and O–H groups in total. The van der Waals surface area contributed by atoms with Gasteiger partial charge < -0.3 is 0 Å². The van der Waals surface area contributed by atoms with Crippen LogP contribution in [-0.4, -0.2) is 38.0 Å². The van der Waals surface area contributed by atoms with E-state index in [1.165, 1.54) is 13.2 Å². The number of methoxy groups -OCH3 is 1. The summed E-state index contributed by atoms with van der Waals surface area (Å²) in [6.45, 7) is -2.45. The fraction of sp³-hybridized carbons (Fsp3) is 0.133. The topological polar surface area (TPSA) is 104 Å². The van der Waals surface area contributed by atoms with Crippen LogP contribution in [-0.2, 0) is 29.2 Å². The third kappa shape index (κ3) is 3.66. The molecule has 0 aliphatic rings. The van der Waals surface area contributed by atoms with Gasteiger partial charge in [-0.1, -0.05) is 0 Å². The van der Waals surface area contributed by atoms with Crippen molar-refractivity contribution in [1.29, 1.82) is 0 Å². The normalized spacial score (nSPS) is 12.7. The molecule has 0 saturated carbocycles. The SMILES string of the molecule is [2H]C([2H])([2H])n1cnc(-c2cccc(Nc3cc(Cl)nnc3C(=O)[O][Zn])c2OC)n1. The number of carbonyl (C=O) groups is 1. The Morgan fingerprint density at radius 1 is 1.38 bits per heavy atom. The summed E-state index contributed by atoms with van der Waals surface area (Å²) in [5, 5.41) is 14.5. The molecule has 0 spiro atoms. The molecule has 0 radical (unpaired) electrons. The molecule has 0 atom stereocenters. The number of rotatable bonds is 5. The molecule has 0 fully saturated rings. The van der Waals surface area contributed by atoms with Crippen LogP contribution >= 0.6 is 11.6 Å². The molecule has 129 valence electrons. The first kappa shape index (κ1) is 14.6. The van der Waals surface area contributed by atoms with Gasteiger partial charge in [-0.3, -0.25) is 0 Å². The van der Waals surface area contributed by atoms with E-state index in [-0.39, 0.29) is 22.4 Å². The zero-order valence-electron chi connectivity index (χ0n) is 16.4. The Bertz CT molecular complexity index is 1060. The second-order valence-corrected chi connectivity index (χ2v) is 5.88. The quantitative estimate of drug-likeness (QED) is 0.618. The molecule has 0 unspecified atom stereocenters. The van der Waals surface area contributed by atoms with Crippen molar-refractivity contribution in [2.75, 3.05) is 12.4 Å². The van der Waals surface area contributed by atoms with Crippen LogP contribution in [0.15, 0.2) is 30.6 Å². The van der Waals surface area contributed by atoms with Gasteiger partial charge in [0.25, 0.3) is 0 Å². The second-order valence-electron chi connectivity index (χ2n) is 4.89. The molecular formula is C15H12ClN6O3Zn. The molecule has 2 heterocycles. The third-order valence-electron chi connectivity index (χ3n) is 3.31. The maximum atomic E-state index is 12.0. The van der Waals surface area contributed by atoms with Gasteiger partial charge in [0, 0.05) is 4.11 Å². The number of ether oxygens (including phenoxy) is 1. The van der Waals surface area contributed by atoms with E-state index >= 15 is 0 Å². The van der Waals surface area contributed by atoms with Gasteiger partial charge in [0.2, 0.25) is 0 Å². The number of carbonyl (C=O) groups excluding carboxylic acids is 1. The first-order valence-electron chi connectivity index (χ1n) is 8.60. The molecule has 3 aromatic rings. The zero-order valence-corrected chi connectivity index (χ0v) is 17.2. The van der Waals surface area contributed by atoms with Gasteiger partial charge in [-0.2, -0.15) is 0 Å². The molecule has 2 aromatic heterocycles. The van der Waals surface area contributed by atoms with Crippen molar-refractivity contribution in [3.63, 3.8) is 0 Å². The Morgan fingerprint density at radius 2 is 2.23 bits per heavy atom. The molecule has 26 heavy (non-hydrogen) atoms. The fourth-order valence-electron chi connectivity index (χ4n) is 2.25. The van der Waals surface area contributed by atoms with Crippen LogP contribution in [0, 0.1) is 0 Å². The minimum atomic E-state index is -2.45. The first-order valence-corrected chi connectivity index (χ1v) is 8.69. The van der Waals surface area contributed by atoms with Crippen molar-refractivity contribution in [1.82, 2.24) is 25.0 Å². The fourth-order valence-corrected chi connectivity index (χ4v) is 2.68. The van der Waals surface area contributed by atoms with Gasteiger partial charge in [0.05, 0.1) is 0 Å². The number of halogens is 1. The molecule has 9 nitrogen and oxygen atoms in total. The van der Waals surface area contributed by atoms with Crippen LogP contribution in [0.2, 0.25) is 5.15 Å². The Kier molecular flexibility index (Phi) is 4.35. The first-order chi connectivity index (χ1) is 13.7. The molecule has 0 aliphatic heterocycles. The average molecular weight is 428 g/mol. The van der Waals surface area contributed by atoms with Gasteiger partial charge >= 0.3 is 164 Å². The van der Waals surface area contributed by atoms with E-state index in [2.05, 4.69) is 25.6 Å². The van der Waals surface area contributed by atoms with Crippen molar-refractivity contribution in [2.45, 2.75) is 0 Å². The molecule has 3 rings (SSSR count). The van der Waals surface area contributed by atoms with Crippen molar-refractivity contribution in [3.05, 3.63) is 41.4 Å². The minimum absolute atomic E-state index is 0.0436. The van der Waals surface area contributed by atoms with Crippen LogP contribution < -0.4 is 10.1 Å². The number of benzene rings is 1. The Balaban J connectivity index is 2.05. The summed E-state index contributed by atoms with van der Waals surface area (Å²) < 4.78 is 33.4. The van der Waals surface area contributed by atoms with Gasteiger partial charge in [0.15, 0.2) is 0 Å². The van der Waals surface area contributed by atoms with Crippen molar-refractivity contribution in [3.8, 4) is 17.1 Å². The Hall–Kier alpha value is -2.58. The molecule has 0 bridgehead atoms. The van der Waals surface area contributed by atoms with Crippen LogP contribution in [0.5, 0.6) is 5.75 Å². The summed E-state index contributed by atoms with van der Waals surface area (Å²) >= 11 is 6.20. The summed E-state index contributed by atoms with van der Waals surface area (Å²) in [5.74, 6) is -0.163. The predicted octanol–water partition coefficient (Wildman–Crippen LogP) is 2.30.